The van der Waals surface area contributed by atoms with Crippen LogP contribution in [0.3, 0.4) is 0 Å². The number of anilines is 2. The summed E-state index contributed by atoms with van der Waals surface area (Å²) in [5, 5.41) is 11.7. The summed E-state index contributed by atoms with van der Waals surface area (Å²) in [6.07, 6.45) is -3.58. The second-order valence-electron chi connectivity index (χ2n) is 7.36. The molecule has 3 heterocycles. The first-order chi connectivity index (χ1) is 17.0. The minimum absolute atomic E-state index is 0.0847. The number of amides is 1. The van der Waals surface area contributed by atoms with Crippen molar-refractivity contribution in [2.45, 2.75) is 12.7 Å². The Morgan fingerprint density at radius 3 is 2.36 bits per heavy atom. The molecule has 0 spiro atoms. The van der Waals surface area contributed by atoms with Gasteiger partial charge in [-0.1, -0.05) is 35.3 Å². The molecule has 36 heavy (non-hydrogen) atoms. The summed E-state index contributed by atoms with van der Waals surface area (Å²) in [5.74, 6) is -2.10. The van der Waals surface area contributed by atoms with Crippen molar-refractivity contribution >= 4 is 57.6 Å². The van der Waals surface area contributed by atoms with Crippen molar-refractivity contribution in [2.75, 3.05) is 31.5 Å². The van der Waals surface area contributed by atoms with E-state index < -0.39 is 12.1 Å². The third kappa shape index (κ3) is 7.75. The molecule has 1 saturated heterocycles. The lowest BCUT2D eigenvalue weighted by atomic mass is 10.1. The molecule has 9 nitrogen and oxygen atoms in total. The van der Waals surface area contributed by atoms with Gasteiger partial charge in [0.05, 0.1) is 21.3 Å². The normalized spacial score (nSPS) is 14.1. The summed E-state index contributed by atoms with van der Waals surface area (Å²) in [6, 6.07) is 11.0. The monoisotopic (exact) mass is 562 g/mol. The number of nitrogens with zero attached hydrogens (tertiary/aromatic N) is 5. The van der Waals surface area contributed by atoms with Gasteiger partial charge in [0.15, 0.2) is 0 Å². The molecule has 15 heteroatoms. The lowest BCUT2D eigenvalue weighted by molar-refractivity contribution is -0.192. The van der Waals surface area contributed by atoms with E-state index in [-0.39, 0.29) is 5.91 Å². The molecule has 0 bridgehead atoms. The van der Waals surface area contributed by atoms with Crippen LogP contribution in [0.2, 0.25) is 10.0 Å². The number of carbonyl (C=O) groups is 2. The number of carbonyl (C=O) groups excluding carboxylic acids is 1. The zero-order valence-electron chi connectivity index (χ0n) is 18.4. The van der Waals surface area contributed by atoms with E-state index >= 15 is 0 Å². The van der Waals surface area contributed by atoms with Crippen LogP contribution in [0.4, 0.5) is 24.1 Å². The van der Waals surface area contributed by atoms with E-state index in [4.69, 9.17) is 33.1 Å². The summed E-state index contributed by atoms with van der Waals surface area (Å²) in [7, 11) is 0. The number of nitrogens with one attached hydrogen (secondary N) is 1. The van der Waals surface area contributed by atoms with E-state index in [1.807, 2.05) is 23.1 Å². The fourth-order valence-electron chi connectivity index (χ4n) is 3.15. The van der Waals surface area contributed by atoms with Crippen molar-refractivity contribution in [3.05, 3.63) is 64.0 Å². The number of pyridine rings is 1. The highest BCUT2D eigenvalue weighted by molar-refractivity contribution is 7.09. The van der Waals surface area contributed by atoms with Crippen LogP contribution < -0.4 is 5.32 Å². The number of benzene rings is 1. The number of hydrogen-bond acceptors (Lipinski definition) is 8. The van der Waals surface area contributed by atoms with Crippen molar-refractivity contribution in [2.24, 2.45) is 0 Å². The third-order valence-corrected chi connectivity index (χ3v) is 6.27. The molecule has 0 saturated carbocycles. The zero-order valence-corrected chi connectivity index (χ0v) is 20.7. The van der Waals surface area contributed by atoms with Gasteiger partial charge in [-0.2, -0.15) is 17.5 Å². The first-order valence-electron chi connectivity index (χ1n) is 10.3. The Morgan fingerprint density at radius 2 is 1.75 bits per heavy atom. The molecule has 4 rings (SSSR count). The van der Waals surface area contributed by atoms with E-state index in [9.17, 15) is 18.0 Å². The number of aliphatic carboxylic acids is 1. The van der Waals surface area contributed by atoms with Gasteiger partial charge in [-0.3, -0.25) is 9.69 Å². The molecule has 1 aromatic carbocycles. The Labute approximate surface area is 217 Å². The van der Waals surface area contributed by atoms with Crippen LogP contribution in [0.1, 0.15) is 16.1 Å². The highest BCUT2D eigenvalue weighted by atomic mass is 35.5. The van der Waals surface area contributed by atoms with Crippen molar-refractivity contribution in [1.82, 2.24) is 24.1 Å². The van der Waals surface area contributed by atoms with Crippen molar-refractivity contribution < 1.29 is 27.9 Å². The molecule has 0 unspecified atom stereocenters. The molecule has 192 valence electrons. The number of halogens is 5. The molecule has 2 N–H and O–H groups in total. The molecule has 1 aliphatic heterocycles. The minimum Gasteiger partial charge on any atom is -0.475 e. The topological polar surface area (TPSA) is 112 Å². The fourth-order valence-corrected chi connectivity index (χ4v) is 3.97. The van der Waals surface area contributed by atoms with Gasteiger partial charge in [-0.05, 0) is 24.3 Å². The number of hydrogen-bond donors (Lipinski definition) is 2. The summed E-state index contributed by atoms with van der Waals surface area (Å²) in [5.41, 5.74) is 1.40. The number of rotatable bonds is 5. The maximum absolute atomic E-state index is 12.8. The van der Waals surface area contributed by atoms with Gasteiger partial charge in [0.1, 0.15) is 12.1 Å². The van der Waals surface area contributed by atoms with Crippen molar-refractivity contribution in [3.8, 4) is 0 Å². The zero-order chi connectivity index (χ0) is 26.3. The highest BCUT2D eigenvalue weighted by Crippen LogP contribution is 2.27. The van der Waals surface area contributed by atoms with Gasteiger partial charge >= 0.3 is 12.1 Å². The molecule has 1 amide bonds. The summed E-state index contributed by atoms with van der Waals surface area (Å²) in [4.78, 5) is 34.5. The summed E-state index contributed by atoms with van der Waals surface area (Å²) < 4.78 is 35.7. The number of aromatic nitrogens is 3. The summed E-state index contributed by atoms with van der Waals surface area (Å²) >= 11 is 13.5. The van der Waals surface area contributed by atoms with E-state index in [0.717, 1.165) is 24.6 Å². The largest absolute Gasteiger partial charge is 0.490 e. The fraction of sp³-hybridized carbons (Fsp3) is 0.286. The Kier molecular flexibility index (Phi) is 9.43. The SMILES string of the molecule is O=C(O)C(F)(F)F.O=C(c1cccc(Cl)c1Cl)N1CCN(Cc2cccc(Nc3ncns3)n2)CC1. The average molecular weight is 563 g/mol. The van der Waals surface area contributed by atoms with Crippen LogP contribution in [0.25, 0.3) is 0 Å². The predicted molar refractivity (Wildman–Crippen MR) is 129 cm³/mol. The lowest BCUT2D eigenvalue weighted by Gasteiger charge is -2.34. The van der Waals surface area contributed by atoms with Crippen LogP contribution in [-0.2, 0) is 11.3 Å². The Hall–Kier alpha value is -3.00. The first-order valence-corrected chi connectivity index (χ1v) is 11.8. The molecule has 1 aliphatic rings. The molecule has 0 aliphatic carbocycles. The standard InChI is InChI=1S/C19H18Cl2N6OS.C2HF3O2/c20-15-5-2-4-14(17(15)21)18(28)27-9-7-26(8-10-27)11-13-3-1-6-16(24-13)25-19-22-12-23-29-19;3-2(4,5)1(6)7/h1-6,12H,7-11H2,(H,22,23,24,25);(H,6,7). The predicted octanol–water partition coefficient (Wildman–Crippen LogP) is 4.57. The van der Waals surface area contributed by atoms with Crippen LogP contribution >= 0.6 is 34.7 Å². The number of piperazine rings is 1. The smallest absolute Gasteiger partial charge is 0.475 e. The van der Waals surface area contributed by atoms with Crippen molar-refractivity contribution in [3.63, 3.8) is 0 Å². The van der Waals surface area contributed by atoms with Gasteiger partial charge in [0.2, 0.25) is 5.13 Å². The van der Waals surface area contributed by atoms with E-state index in [0.29, 0.717) is 40.4 Å². The maximum Gasteiger partial charge on any atom is 0.490 e. The first kappa shape index (κ1) is 27.6. The molecule has 2 aromatic heterocycles. The van der Waals surface area contributed by atoms with Gasteiger partial charge < -0.3 is 15.3 Å². The molecule has 1 fully saturated rings. The van der Waals surface area contributed by atoms with Crippen LogP contribution in [0.15, 0.2) is 42.7 Å². The highest BCUT2D eigenvalue weighted by Gasteiger charge is 2.38. The van der Waals surface area contributed by atoms with Crippen molar-refractivity contribution in [1.29, 1.82) is 0 Å². The molecular formula is C21H19Cl2F3N6O3S. The van der Waals surface area contributed by atoms with Crippen LogP contribution in [0, 0.1) is 0 Å². The average Bonchev–Trinajstić information content (AvgIpc) is 3.34. The number of alkyl halides is 3. The van der Waals surface area contributed by atoms with Crippen LogP contribution in [0.5, 0.6) is 0 Å². The van der Waals surface area contributed by atoms with Gasteiger partial charge in [0.25, 0.3) is 5.91 Å². The molecular weight excluding hydrogens is 544 g/mol. The molecule has 0 atom stereocenters. The second kappa shape index (κ2) is 12.3. The van der Waals surface area contributed by atoms with Gasteiger partial charge in [-0.15, -0.1) is 0 Å². The van der Waals surface area contributed by atoms with Gasteiger partial charge in [-0.25, -0.2) is 14.8 Å². The minimum atomic E-state index is -5.08. The lowest BCUT2D eigenvalue weighted by Crippen LogP contribution is -2.48. The second-order valence-corrected chi connectivity index (χ2v) is 8.92. The quantitative estimate of drug-likeness (QED) is 0.465. The third-order valence-electron chi connectivity index (χ3n) is 4.87. The number of carboxylic acids is 1. The Bertz CT molecular complexity index is 1190. The Balaban J connectivity index is 0.000000454. The van der Waals surface area contributed by atoms with Crippen LogP contribution in [-0.4, -0.2) is 73.5 Å². The maximum atomic E-state index is 12.8. The van der Waals surface area contributed by atoms with E-state index in [2.05, 4.69) is 24.6 Å². The Morgan fingerprint density at radius 1 is 1.08 bits per heavy atom. The summed E-state index contributed by atoms with van der Waals surface area (Å²) in [6.45, 7) is 3.50. The van der Waals surface area contributed by atoms with E-state index in [1.54, 1.807) is 18.2 Å². The van der Waals surface area contributed by atoms with E-state index in [1.165, 1.54) is 17.9 Å². The number of carboxylic acid groups (broad SMARTS) is 1. The van der Waals surface area contributed by atoms with Gasteiger partial charge in [0, 0.05) is 44.3 Å². The molecule has 0 radical (unpaired) electrons. The molecule has 3 aromatic rings.